The molecular formula is C14H15BrN6. The fourth-order valence-electron chi connectivity index (χ4n) is 2.26. The Kier molecular flexibility index (Phi) is 3.36. The van der Waals surface area contributed by atoms with Crippen molar-refractivity contribution in [3.05, 3.63) is 39.5 Å². The normalized spacial score (nSPS) is 11.2. The first-order chi connectivity index (χ1) is 9.97. The highest BCUT2D eigenvalue weighted by atomic mass is 79.9. The molecule has 0 aliphatic rings. The zero-order chi connectivity index (χ0) is 15.1. The van der Waals surface area contributed by atoms with Crippen molar-refractivity contribution in [2.24, 2.45) is 0 Å². The summed E-state index contributed by atoms with van der Waals surface area (Å²) in [7, 11) is 0. The number of aromatic nitrogens is 5. The summed E-state index contributed by atoms with van der Waals surface area (Å²) in [5.41, 5.74) is 11.8. The van der Waals surface area contributed by atoms with E-state index in [1.54, 1.807) is 6.33 Å². The lowest BCUT2D eigenvalue weighted by Gasteiger charge is -2.11. The molecule has 0 radical (unpaired) electrons. The summed E-state index contributed by atoms with van der Waals surface area (Å²) >= 11 is 3.36. The number of pyridine rings is 1. The molecule has 21 heavy (non-hydrogen) atoms. The van der Waals surface area contributed by atoms with Crippen LogP contribution < -0.4 is 5.73 Å². The molecule has 0 spiro atoms. The summed E-state index contributed by atoms with van der Waals surface area (Å²) in [4.78, 5) is 17.1. The van der Waals surface area contributed by atoms with E-state index in [0.29, 0.717) is 22.3 Å². The Hall–Kier alpha value is -2.02. The van der Waals surface area contributed by atoms with Crippen molar-refractivity contribution in [1.29, 1.82) is 0 Å². The van der Waals surface area contributed by atoms with E-state index in [2.05, 4.69) is 49.7 Å². The van der Waals surface area contributed by atoms with Crippen LogP contribution in [0.3, 0.4) is 0 Å². The van der Waals surface area contributed by atoms with Gasteiger partial charge >= 0.3 is 0 Å². The zero-order valence-corrected chi connectivity index (χ0v) is 13.6. The van der Waals surface area contributed by atoms with Gasteiger partial charge in [-0.25, -0.2) is 9.97 Å². The van der Waals surface area contributed by atoms with Crippen molar-refractivity contribution in [3.63, 3.8) is 0 Å². The minimum absolute atomic E-state index is 0.228. The molecule has 7 heteroatoms. The zero-order valence-electron chi connectivity index (χ0n) is 12.1. The molecule has 3 rings (SSSR count). The standard InChI is InChI=1S/C14H15BrN6/c1-7-8(2)10(4-17-9(7)3)5-21-6-18-11-12(15)19-14(16)20-13(11)21/h4,6H,5H2,1-3H3,(H2,16,19,20). The number of rotatable bonds is 2. The Morgan fingerprint density at radius 3 is 2.67 bits per heavy atom. The van der Waals surface area contributed by atoms with Gasteiger partial charge in [-0.05, 0) is 53.4 Å². The second-order valence-corrected chi connectivity index (χ2v) is 5.79. The topological polar surface area (TPSA) is 82.5 Å². The van der Waals surface area contributed by atoms with Gasteiger partial charge in [0, 0.05) is 11.9 Å². The lowest BCUT2D eigenvalue weighted by molar-refractivity contribution is 0.799. The van der Waals surface area contributed by atoms with E-state index in [0.717, 1.165) is 11.3 Å². The highest BCUT2D eigenvalue weighted by molar-refractivity contribution is 9.10. The minimum atomic E-state index is 0.228. The molecule has 2 N–H and O–H groups in total. The van der Waals surface area contributed by atoms with Gasteiger partial charge in [0.15, 0.2) is 5.65 Å². The van der Waals surface area contributed by atoms with Crippen LogP contribution in [0.25, 0.3) is 11.2 Å². The molecule has 108 valence electrons. The van der Waals surface area contributed by atoms with E-state index < -0.39 is 0 Å². The summed E-state index contributed by atoms with van der Waals surface area (Å²) in [5.74, 6) is 0.228. The Morgan fingerprint density at radius 1 is 1.14 bits per heavy atom. The fourth-order valence-corrected chi connectivity index (χ4v) is 2.73. The van der Waals surface area contributed by atoms with Crippen LogP contribution in [-0.2, 0) is 6.54 Å². The summed E-state index contributed by atoms with van der Waals surface area (Å²) in [6, 6.07) is 0. The molecule has 0 atom stereocenters. The van der Waals surface area contributed by atoms with E-state index >= 15 is 0 Å². The van der Waals surface area contributed by atoms with Crippen LogP contribution in [0.5, 0.6) is 0 Å². The number of nitrogens with two attached hydrogens (primary N) is 1. The lowest BCUT2D eigenvalue weighted by atomic mass is 10.0. The monoisotopic (exact) mass is 346 g/mol. The van der Waals surface area contributed by atoms with Gasteiger partial charge in [0.05, 0.1) is 12.9 Å². The van der Waals surface area contributed by atoms with Crippen LogP contribution in [-0.4, -0.2) is 24.5 Å². The van der Waals surface area contributed by atoms with E-state index in [4.69, 9.17) is 5.73 Å². The largest absolute Gasteiger partial charge is 0.368 e. The van der Waals surface area contributed by atoms with Crippen molar-refractivity contribution < 1.29 is 0 Å². The van der Waals surface area contributed by atoms with Crippen molar-refractivity contribution >= 4 is 33.0 Å². The van der Waals surface area contributed by atoms with E-state index in [1.807, 2.05) is 17.7 Å². The number of nitrogens with zero attached hydrogens (tertiary/aromatic N) is 5. The van der Waals surface area contributed by atoms with Crippen LogP contribution in [0, 0.1) is 20.8 Å². The number of anilines is 1. The molecule has 0 saturated heterocycles. The number of halogens is 1. The Bertz CT molecular complexity index is 839. The third-order valence-electron chi connectivity index (χ3n) is 3.78. The van der Waals surface area contributed by atoms with Crippen molar-refractivity contribution in [3.8, 4) is 0 Å². The second kappa shape index (κ2) is 5.07. The van der Waals surface area contributed by atoms with E-state index in [1.165, 1.54) is 11.1 Å². The van der Waals surface area contributed by atoms with Crippen LogP contribution in [0.2, 0.25) is 0 Å². The van der Waals surface area contributed by atoms with Gasteiger partial charge < -0.3 is 10.3 Å². The van der Waals surface area contributed by atoms with Gasteiger partial charge in [0.25, 0.3) is 0 Å². The number of nitrogen functional groups attached to an aromatic ring is 1. The number of fused-ring (bicyclic) bond motifs is 1. The van der Waals surface area contributed by atoms with Crippen LogP contribution in [0.1, 0.15) is 22.4 Å². The smallest absolute Gasteiger partial charge is 0.223 e. The predicted molar refractivity (Wildman–Crippen MR) is 85.0 cm³/mol. The molecule has 0 saturated carbocycles. The van der Waals surface area contributed by atoms with Crippen LogP contribution in [0.4, 0.5) is 5.95 Å². The predicted octanol–water partition coefficient (Wildman–Crippen LogP) is 2.54. The number of aryl methyl sites for hydroxylation is 1. The molecule has 0 unspecified atom stereocenters. The first kappa shape index (κ1) is 13.9. The molecule has 0 aromatic carbocycles. The van der Waals surface area contributed by atoms with Crippen LogP contribution in [0.15, 0.2) is 17.1 Å². The Balaban J connectivity index is 2.09. The molecule has 0 amide bonds. The van der Waals surface area contributed by atoms with E-state index in [-0.39, 0.29) is 5.95 Å². The highest BCUT2D eigenvalue weighted by Crippen LogP contribution is 2.22. The Labute approximate surface area is 130 Å². The van der Waals surface area contributed by atoms with Crippen molar-refractivity contribution in [2.75, 3.05) is 5.73 Å². The summed E-state index contributed by atoms with van der Waals surface area (Å²) in [6.07, 6.45) is 3.65. The van der Waals surface area contributed by atoms with Crippen molar-refractivity contribution in [1.82, 2.24) is 24.5 Å². The number of hydrogen-bond donors (Lipinski definition) is 1. The van der Waals surface area contributed by atoms with Gasteiger partial charge in [-0.1, -0.05) is 0 Å². The molecule has 0 aliphatic heterocycles. The molecule has 0 fully saturated rings. The quantitative estimate of drug-likeness (QED) is 0.721. The SMILES string of the molecule is Cc1ncc(Cn2cnc3c(Br)nc(N)nc32)c(C)c1C. The third kappa shape index (κ3) is 2.37. The molecule has 3 heterocycles. The average Bonchev–Trinajstić information content (AvgIpc) is 2.83. The molecule has 3 aromatic heterocycles. The molecule has 0 aliphatic carbocycles. The summed E-state index contributed by atoms with van der Waals surface area (Å²) < 4.78 is 2.57. The fraction of sp³-hybridized carbons (Fsp3) is 0.286. The maximum absolute atomic E-state index is 5.71. The van der Waals surface area contributed by atoms with Gasteiger partial charge in [0.1, 0.15) is 10.1 Å². The first-order valence-corrected chi connectivity index (χ1v) is 7.32. The molecular weight excluding hydrogens is 332 g/mol. The average molecular weight is 347 g/mol. The number of hydrogen-bond acceptors (Lipinski definition) is 5. The van der Waals surface area contributed by atoms with Crippen molar-refractivity contribution in [2.45, 2.75) is 27.3 Å². The summed E-state index contributed by atoms with van der Waals surface area (Å²) in [5, 5.41) is 0. The molecule has 3 aromatic rings. The Morgan fingerprint density at radius 2 is 1.90 bits per heavy atom. The number of imidazole rings is 1. The van der Waals surface area contributed by atoms with Gasteiger partial charge in [-0.2, -0.15) is 4.98 Å². The van der Waals surface area contributed by atoms with Gasteiger partial charge in [0.2, 0.25) is 5.95 Å². The maximum atomic E-state index is 5.71. The van der Waals surface area contributed by atoms with Gasteiger partial charge in [-0.15, -0.1) is 0 Å². The molecule has 6 nitrogen and oxygen atoms in total. The van der Waals surface area contributed by atoms with Crippen LogP contribution >= 0.6 is 15.9 Å². The maximum Gasteiger partial charge on any atom is 0.223 e. The third-order valence-corrected chi connectivity index (χ3v) is 4.33. The lowest BCUT2D eigenvalue weighted by Crippen LogP contribution is -2.05. The van der Waals surface area contributed by atoms with E-state index in [9.17, 15) is 0 Å². The van der Waals surface area contributed by atoms with Gasteiger partial charge in [-0.3, -0.25) is 4.98 Å². The summed E-state index contributed by atoms with van der Waals surface area (Å²) in [6.45, 7) is 6.87. The highest BCUT2D eigenvalue weighted by Gasteiger charge is 2.12. The minimum Gasteiger partial charge on any atom is -0.368 e. The first-order valence-electron chi connectivity index (χ1n) is 6.53. The molecule has 0 bridgehead atoms. The second-order valence-electron chi connectivity index (χ2n) is 5.04.